The van der Waals surface area contributed by atoms with E-state index in [0.717, 1.165) is 6.54 Å². The van der Waals surface area contributed by atoms with E-state index in [0.29, 0.717) is 12.1 Å². The van der Waals surface area contributed by atoms with Gasteiger partial charge in [-0.1, -0.05) is 20.8 Å². The van der Waals surface area contributed by atoms with Gasteiger partial charge in [-0.3, -0.25) is 0 Å². The van der Waals surface area contributed by atoms with Crippen LogP contribution in [-0.4, -0.2) is 18.6 Å². The molecule has 1 aliphatic rings. The van der Waals surface area contributed by atoms with Crippen molar-refractivity contribution in [2.24, 2.45) is 11.1 Å². The lowest BCUT2D eigenvalue weighted by Crippen LogP contribution is -2.49. The van der Waals surface area contributed by atoms with Gasteiger partial charge >= 0.3 is 0 Å². The van der Waals surface area contributed by atoms with Gasteiger partial charge < -0.3 is 11.1 Å². The fraction of sp³-hybridized carbons (Fsp3) is 1.00. The summed E-state index contributed by atoms with van der Waals surface area (Å²) in [6, 6.07) is 0.847. The standard InChI is InChI=1S/C9H20N2/c1-9(2,3)8(10)7-5-4-6-11-7/h7-8,11H,4-6,10H2,1-3H3. The summed E-state index contributed by atoms with van der Waals surface area (Å²) in [5, 5.41) is 3.44. The molecule has 0 aromatic heterocycles. The first-order valence-electron chi connectivity index (χ1n) is 4.51. The van der Waals surface area contributed by atoms with Crippen molar-refractivity contribution in [3.8, 4) is 0 Å². The molecule has 1 fully saturated rings. The Labute approximate surface area is 69.5 Å². The van der Waals surface area contributed by atoms with Crippen molar-refractivity contribution in [3.63, 3.8) is 0 Å². The van der Waals surface area contributed by atoms with Gasteiger partial charge in [-0.05, 0) is 24.8 Å². The Morgan fingerprint density at radius 2 is 2.09 bits per heavy atom. The first kappa shape index (κ1) is 9.01. The Kier molecular flexibility index (Phi) is 2.55. The average molecular weight is 156 g/mol. The summed E-state index contributed by atoms with van der Waals surface area (Å²) in [6.07, 6.45) is 2.53. The maximum atomic E-state index is 6.09. The van der Waals surface area contributed by atoms with Crippen LogP contribution in [0.1, 0.15) is 33.6 Å². The number of nitrogens with one attached hydrogen (secondary N) is 1. The number of hydrogen-bond donors (Lipinski definition) is 2. The van der Waals surface area contributed by atoms with Gasteiger partial charge in [-0.15, -0.1) is 0 Å². The normalized spacial score (nSPS) is 28.9. The minimum Gasteiger partial charge on any atom is -0.326 e. The molecular formula is C9H20N2. The zero-order chi connectivity index (χ0) is 8.48. The third kappa shape index (κ3) is 2.17. The Hall–Kier alpha value is -0.0800. The van der Waals surface area contributed by atoms with Crippen LogP contribution in [0.2, 0.25) is 0 Å². The number of hydrogen-bond acceptors (Lipinski definition) is 2. The molecule has 0 bridgehead atoms. The highest BCUT2D eigenvalue weighted by Gasteiger charge is 2.30. The van der Waals surface area contributed by atoms with E-state index in [2.05, 4.69) is 26.1 Å². The van der Waals surface area contributed by atoms with E-state index in [4.69, 9.17) is 5.73 Å². The fourth-order valence-corrected chi connectivity index (χ4v) is 1.62. The second kappa shape index (κ2) is 3.11. The molecule has 0 aliphatic carbocycles. The van der Waals surface area contributed by atoms with Crippen molar-refractivity contribution < 1.29 is 0 Å². The van der Waals surface area contributed by atoms with Crippen molar-refractivity contribution in [3.05, 3.63) is 0 Å². The highest BCUT2D eigenvalue weighted by Crippen LogP contribution is 2.23. The zero-order valence-electron chi connectivity index (χ0n) is 7.85. The summed E-state index contributed by atoms with van der Waals surface area (Å²) in [5.41, 5.74) is 6.33. The van der Waals surface area contributed by atoms with Crippen LogP contribution in [0.15, 0.2) is 0 Å². The van der Waals surface area contributed by atoms with Gasteiger partial charge in [0.25, 0.3) is 0 Å². The Morgan fingerprint density at radius 1 is 1.45 bits per heavy atom. The third-order valence-electron chi connectivity index (χ3n) is 2.53. The van der Waals surface area contributed by atoms with E-state index in [-0.39, 0.29) is 5.41 Å². The molecule has 1 rings (SSSR count). The van der Waals surface area contributed by atoms with E-state index >= 15 is 0 Å². The van der Waals surface area contributed by atoms with Gasteiger partial charge in [0.1, 0.15) is 0 Å². The maximum Gasteiger partial charge on any atom is 0.0243 e. The van der Waals surface area contributed by atoms with Crippen LogP contribution in [0.5, 0.6) is 0 Å². The van der Waals surface area contributed by atoms with Crippen LogP contribution in [0.4, 0.5) is 0 Å². The molecule has 3 N–H and O–H groups in total. The minimum absolute atomic E-state index is 0.238. The van der Waals surface area contributed by atoms with Gasteiger partial charge in [0, 0.05) is 12.1 Å². The fourth-order valence-electron chi connectivity index (χ4n) is 1.62. The summed E-state index contributed by atoms with van der Waals surface area (Å²) in [6.45, 7) is 7.77. The summed E-state index contributed by atoms with van der Waals surface area (Å²) >= 11 is 0. The number of nitrogens with two attached hydrogens (primary N) is 1. The molecular weight excluding hydrogens is 136 g/mol. The van der Waals surface area contributed by atoms with Gasteiger partial charge in [-0.25, -0.2) is 0 Å². The average Bonchev–Trinajstić information content (AvgIpc) is 2.34. The largest absolute Gasteiger partial charge is 0.326 e. The molecule has 2 nitrogen and oxygen atoms in total. The van der Waals surface area contributed by atoms with Gasteiger partial charge in [0.05, 0.1) is 0 Å². The van der Waals surface area contributed by atoms with Gasteiger partial charge in [0.15, 0.2) is 0 Å². The summed E-state index contributed by atoms with van der Waals surface area (Å²) in [4.78, 5) is 0. The molecule has 66 valence electrons. The topological polar surface area (TPSA) is 38.0 Å². The first-order valence-corrected chi connectivity index (χ1v) is 4.51. The van der Waals surface area contributed by atoms with E-state index in [1.54, 1.807) is 0 Å². The molecule has 0 spiro atoms. The minimum atomic E-state index is 0.238. The first-order chi connectivity index (χ1) is 5.02. The SMILES string of the molecule is CC(C)(C)C(N)C1CCCN1. The molecule has 0 saturated carbocycles. The smallest absolute Gasteiger partial charge is 0.0243 e. The molecule has 11 heavy (non-hydrogen) atoms. The molecule has 0 radical (unpaired) electrons. The van der Waals surface area contributed by atoms with Crippen LogP contribution in [0.3, 0.4) is 0 Å². The van der Waals surface area contributed by atoms with E-state index in [9.17, 15) is 0 Å². The molecule has 0 amide bonds. The molecule has 0 aromatic rings. The summed E-state index contributed by atoms with van der Waals surface area (Å²) in [7, 11) is 0. The van der Waals surface area contributed by atoms with Crippen molar-refractivity contribution in [1.82, 2.24) is 5.32 Å². The number of rotatable bonds is 1. The Morgan fingerprint density at radius 3 is 2.45 bits per heavy atom. The third-order valence-corrected chi connectivity index (χ3v) is 2.53. The van der Waals surface area contributed by atoms with Gasteiger partial charge in [0.2, 0.25) is 0 Å². The second-order valence-electron chi connectivity index (χ2n) is 4.59. The zero-order valence-corrected chi connectivity index (χ0v) is 7.85. The quantitative estimate of drug-likeness (QED) is 0.597. The lowest BCUT2D eigenvalue weighted by atomic mass is 9.82. The lowest BCUT2D eigenvalue weighted by molar-refractivity contribution is 0.267. The highest BCUT2D eigenvalue weighted by atomic mass is 15.0. The summed E-state index contributed by atoms with van der Waals surface area (Å²) in [5.74, 6) is 0. The van der Waals surface area contributed by atoms with Crippen LogP contribution in [0.25, 0.3) is 0 Å². The monoisotopic (exact) mass is 156 g/mol. The van der Waals surface area contributed by atoms with Crippen LogP contribution in [0, 0.1) is 5.41 Å². The Bertz CT molecular complexity index is 120. The predicted octanol–water partition coefficient (Wildman–Crippen LogP) is 1.11. The molecule has 2 unspecified atom stereocenters. The molecule has 2 atom stereocenters. The highest BCUT2D eigenvalue weighted by molar-refractivity contribution is 4.91. The molecule has 2 heteroatoms. The molecule has 1 aliphatic heterocycles. The van der Waals surface area contributed by atoms with E-state index < -0.39 is 0 Å². The van der Waals surface area contributed by atoms with Crippen LogP contribution < -0.4 is 11.1 Å². The predicted molar refractivity (Wildman–Crippen MR) is 48.5 cm³/mol. The molecule has 1 saturated heterocycles. The second-order valence-corrected chi connectivity index (χ2v) is 4.59. The van der Waals surface area contributed by atoms with E-state index in [1.165, 1.54) is 12.8 Å². The van der Waals surface area contributed by atoms with Crippen LogP contribution >= 0.6 is 0 Å². The molecule has 0 aromatic carbocycles. The molecule has 1 heterocycles. The lowest BCUT2D eigenvalue weighted by Gasteiger charge is -2.32. The van der Waals surface area contributed by atoms with Gasteiger partial charge in [-0.2, -0.15) is 0 Å². The van der Waals surface area contributed by atoms with Crippen molar-refractivity contribution in [2.75, 3.05) is 6.54 Å². The van der Waals surface area contributed by atoms with Crippen molar-refractivity contribution >= 4 is 0 Å². The van der Waals surface area contributed by atoms with E-state index in [1.807, 2.05) is 0 Å². The van der Waals surface area contributed by atoms with Crippen molar-refractivity contribution in [2.45, 2.75) is 45.7 Å². The Balaban J connectivity index is 2.46. The van der Waals surface area contributed by atoms with Crippen LogP contribution in [-0.2, 0) is 0 Å². The summed E-state index contributed by atoms with van der Waals surface area (Å²) < 4.78 is 0. The van der Waals surface area contributed by atoms with Crippen molar-refractivity contribution in [1.29, 1.82) is 0 Å². The maximum absolute atomic E-state index is 6.09.